The molecule has 0 bridgehead atoms. The van der Waals surface area contributed by atoms with Gasteiger partial charge in [0.15, 0.2) is 6.10 Å². The van der Waals surface area contributed by atoms with Gasteiger partial charge in [0.2, 0.25) is 0 Å². The summed E-state index contributed by atoms with van der Waals surface area (Å²) in [5.74, 6) is -1.01. The first-order chi connectivity index (χ1) is 36.0. The van der Waals surface area contributed by atoms with E-state index in [4.69, 9.17) is 14.2 Å². The molecule has 0 N–H and O–H groups in total. The molecule has 73 heavy (non-hydrogen) atoms. The summed E-state index contributed by atoms with van der Waals surface area (Å²) in [5.41, 5.74) is 0. The molecular weight excluding hydrogens is 901 g/mol. The highest BCUT2D eigenvalue weighted by molar-refractivity contribution is 5.71. The first-order valence-electron chi connectivity index (χ1n) is 30.0. The number of ether oxygens (including phenoxy) is 3. The summed E-state index contributed by atoms with van der Waals surface area (Å²) < 4.78 is 16.8. The van der Waals surface area contributed by atoms with E-state index < -0.39 is 6.10 Å². The van der Waals surface area contributed by atoms with Crippen molar-refractivity contribution in [3.8, 4) is 0 Å². The largest absolute Gasteiger partial charge is 0.462 e. The van der Waals surface area contributed by atoms with Crippen molar-refractivity contribution >= 4 is 17.9 Å². The Morgan fingerprint density at radius 2 is 0.562 bits per heavy atom. The van der Waals surface area contributed by atoms with Crippen molar-refractivity contribution in [3.05, 3.63) is 122 Å². The minimum absolute atomic E-state index is 0.111. The van der Waals surface area contributed by atoms with Crippen LogP contribution >= 0.6 is 0 Å². The van der Waals surface area contributed by atoms with E-state index in [1.165, 1.54) is 116 Å². The van der Waals surface area contributed by atoms with Gasteiger partial charge in [0.05, 0.1) is 0 Å². The second-order valence-corrected chi connectivity index (χ2v) is 19.5. The molecule has 0 saturated carbocycles. The van der Waals surface area contributed by atoms with Gasteiger partial charge in [-0.3, -0.25) is 14.4 Å². The topological polar surface area (TPSA) is 78.9 Å². The Morgan fingerprint density at radius 3 is 0.918 bits per heavy atom. The Bertz CT molecular complexity index is 1540. The maximum atomic E-state index is 12.9. The first-order valence-corrected chi connectivity index (χ1v) is 30.0. The van der Waals surface area contributed by atoms with Gasteiger partial charge in [-0.15, -0.1) is 0 Å². The second kappa shape index (κ2) is 60.4. The van der Waals surface area contributed by atoms with Crippen LogP contribution in [-0.2, 0) is 28.6 Å². The SMILES string of the molecule is CC/C=C\C/C=C\C/C=C\C/C=C\C/C=C\C/C=C\CCC(=O)OCC(COC(=O)CCCCCCCCC/C=C\C/C=C\CCCCCC)OC(=O)CCCCCCCCC/C=C\C/C=C\CCCCCC. The zero-order valence-corrected chi connectivity index (χ0v) is 47.4. The lowest BCUT2D eigenvalue weighted by Gasteiger charge is -2.18. The van der Waals surface area contributed by atoms with Gasteiger partial charge in [0.1, 0.15) is 13.2 Å². The summed E-state index contributed by atoms with van der Waals surface area (Å²) in [4.78, 5) is 38.2. The number of unbranched alkanes of at least 4 members (excludes halogenated alkanes) is 22. The molecule has 0 aromatic heterocycles. The van der Waals surface area contributed by atoms with Gasteiger partial charge in [-0.2, -0.15) is 0 Å². The molecular formula is C67H110O6. The van der Waals surface area contributed by atoms with Crippen LogP contribution in [0.1, 0.15) is 265 Å². The fourth-order valence-electron chi connectivity index (χ4n) is 7.94. The quantitative estimate of drug-likeness (QED) is 0.0261. The molecule has 0 radical (unpaired) electrons. The van der Waals surface area contributed by atoms with E-state index in [0.717, 1.165) is 103 Å². The zero-order chi connectivity index (χ0) is 52.9. The van der Waals surface area contributed by atoms with Crippen LogP contribution in [-0.4, -0.2) is 37.2 Å². The molecule has 1 unspecified atom stereocenters. The van der Waals surface area contributed by atoms with Gasteiger partial charge in [0, 0.05) is 19.3 Å². The number of rotatable bonds is 53. The number of carbonyl (C=O) groups is 3. The van der Waals surface area contributed by atoms with E-state index in [1.54, 1.807) is 0 Å². The van der Waals surface area contributed by atoms with Crippen molar-refractivity contribution < 1.29 is 28.6 Å². The lowest BCUT2D eigenvalue weighted by Crippen LogP contribution is -2.30. The van der Waals surface area contributed by atoms with E-state index in [-0.39, 0.29) is 37.5 Å². The molecule has 0 aromatic carbocycles. The summed E-state index contributed by atoms with van der Waals surface area (Å²) >= 11 is 0. The molecule has 1 atom stereocenters. The third-order valence-corrected chi connectivity index (χ3v) is 12.4. The number of hydrogen-bond donors (Lipinski definition) is 0. The van der Waals surface area contributed by atoms with Crippen LogP contribution in [0.5, 0.6) is 0 Å². The normalized spacial score (nSPS) is 13.0. The van der Waals surface area contributed by atoms with Crippen molar-refractivity contribution in [2.45, 2.75) is 271 Å². The number of esters is 3. The molecule has 414 valence electrons. The van der Waals surface area contributed by atoms with Gasteiger partial charge in [-0.1, -0.05) is 245 Å². The van der Waals surface area contributed by atoms with Gasteiger partial charge in [-0.05, 0) is 122 Å². The number of hydrogen-bond acceptors (Lipinski definition) is 6. The Morgan fingerprint density at radius 1 is 0.288 bits per heavy atom. The van der Waals surface area contributed by atoms with Gasteiger partial charge in [0.25, 0.3) is 0 Å². The Kier molecular flexibility index (Phi) is 56.9. The average molecular weight is 1010 g/mol. The third-order valence-electron chi connectivity index (χ3n) is 12.4. The Balaban J connectivity index is 4.54. The molecule has 0 aliphatic heterocycles. The molecule has 0 saturated heterocycles. The highest BCUT2D eigenvalue weighted by atomic mass is 16.6. The van der Waals surface area contributed by atoms with Crippen LogP contribution < -0.4 is 0 Å². The Labute approximate surface area is 450 Å². The van der Waals surface area contributed by atoms with E-state index in [1.807, 2.05) is 6.08 Å². The average Bonchev–Trinajstić information content (AvgIpc) is 3.39. The predicted octanol–water partition coefficient (Wildman–Crippen LogP) is 20.4. The molecule has 0 aromatic rings. The number of allylic oxidation sites excluding steroid dienone is 20. The fourth-order valence-corrected chi connectivity index (χ4v) is 7.94. The van der Waals surface area contributed by atoms with E-state index in [9.17, 15) is 14.4 Å². The minimum Gasteiger partial charge on any atom is -0.462 e. The van der Waals surface area contributed by atoms with E-state index in [0.29, 0.717) is 19.3 Å². The van der Waals surface area contributed by atoms with Crippen LogP contribution in [0.25, 0.3) is 0 Å². The molecule has 0 heterocycles. The van der Waals surface area contributed by atoms with Crippen molar-refractivity contribution in [3.63, 3.8) is 0 Å². The molecule has 0 rings (SSSR count). The summed E-state index contributed by atoms with van der Waals surface area (Å²) in [6.45, 7) is 6.42. The first kappa shape index (κ1) is 68.8. The maximum Gasteiger partial charge on any atom is 0.306 e. The molecule has 0 fully saturated rings. The lowest BCUT2D eigenvalue weighted by atomic mass is 10.1. The van der Waals surface area contributed by atoms with Crippen molar-refractivity contribution in [1.82, 2.24) is 0 Å². The van der Waals surface area contributed by atoms with Crippen LogP contribution in [0, 0.1) is 0 Å². The van der Waals surface area contributed by atoms with Gasteiger partial charge in [-0.25, -0.2) is 0 Å². The molecule has 0 aliphatic rings. The van der Waals surface area contributed by atoms with Crippen molar-refractivity contribution in [1.29, 1.82) is 0 Å². The zero-order valence-electron chi connectivity index (χ0n) is 47.4. The van der Waals surface area contributed by atoms with Gasteiger partial charge < -0.3 is 14.2 Å². The smallest absolute Gasteiger partial charge is 0.306 e. The molecule has 6 heteroatoms. The molecule has 0 aliphatic carbocycles. The minimum atomic E-state index is -0.821. The fraction of sp³-hybridized carbons (Fsp3) is 0.657. The predicted molar refractivity (Wildman–Crippen MR) is 316 cm³/mol. The van der Waals surface area contributed by atoms with Crippen LogP contribution in [0.2, 0.25) is 0 Å². The molecule has 0 spiro atoms. The number of carbonyl (C=O) groups excluding carboxylic acids is 3. The second-order valence-electron chi connectivity index (χ2n) is 19.5. The summed E-state index contributed by atoms with van der Waals surface area (Å²) in [5, 5.41) is 0. The standard InChI is InChI=1S/C67H110O6/c1-4-7-10-13-16-19-22-25-28-31-34-37-39-42-45-48-51-54-57-60-66(69)72-63-64(73-67(70)61-58-55-52-49-46-43-40-36-33-30-27-24-21-18-15-12-9-6-3)62-71-65(68)59-56-53-50-47-44-41-38-35-32-29-26-23-20-17-14-11-8-5-2/h7,10,16,19-21,23-25,28-30,32-34,37,42,45,51,54,64H,4-6,8-9,11-15,17-18,22,26-27,31,35-36,38-41,43-44,46-50,52-53,55-63H2,1-3H3/b10-7-,19-16-,23-20-,24-21-,28-25-,32-29-,33-30-,37-34-,45-42-,54-51-. The summed E-state index contributed by atoms with van der Waals surface area (Å²) in [6, 6.07) is 0. The highest BCUT2D eigenvalue weighted by Crippen LogP contribution is 2.14. The van der Waals surface area contributed by atoms with Gasteiger partial charge >= 0.3 is 17.9 Å². The van der Waals surface area contributed by atoms with Crippen molar-refractivity contribution in [2.75, 3.05) is 13.2 Å². The molecule has 6 nitrogen and oxygen atoms in total. The maximum absolute atomic E-state index is 12.9. The monoisotopic (exact) mass is 1010 g/mol. The Hall–Kier alpha value is -4.19. The third kappa shape index (κ3) is 58.6. The molecule has 0 amide bonds. The van der Waals surface area contributed by atoms with Crippen LogP contribution in [0.15, 0.2) is 122 Å². The highest BCUT2D eigenvalue weighted by Gasteiger charge is 2.19. The van der Waals surface area contributed by atoms with E-state index in [2.05, 4.69) is 136 Å². The van der Waals surface area contributed by atoms with Crippen LogP contribution in [0.4, 0.5) is 0 Å². The summed E-state index contributed by atoms with van der Waals surface area (Å²) in [6.07, 6.45) is 83.4. The van der Waals surface area contributed by atoms with E-state index >= 15 is 0 Å². The summed E-state index contributed by atoms with van der Waals surface area (Å²) in [7, 11) is 0. The lowest BCUT2D eigenvalue weighted by molar-refractivity contribution is -0.166. The van der Waals surface area contributed by atoms with Crippen LogP contribution in [0.3, 0.4) is 0 Å². The van der Waals surface area contributed by atoms with Crippen molar-refractivity contribution in [2.24, 2.45) is 0 Å².